The zero-order valence-electron chi connectivity index (χ0n) is 9.42. The lowest BCUT2D eigenvalue weighted by molar-refractivity contribution is 0.0171. The highest BCUT2D eigenvalue weighted by atomic mass is 16.5. The van der Waals surface area contributed by atoms with Gasteiger partial charge in [-0.05, 0) is 33.9 Å². The van der Waals surface area contributed by atoms with Crippen molar-refractivity contribution in [3.05, 3.63) is 0 Å². The van der Waals surface area contributed by atoms with E-state index in [0.717, 1.165) is 0 Å². The molecule has 0 unspecified atom stereocenters. The molecule has 0 N–H and O–H groups in total. The van der Waals surface area contributed by atoms with Crippen LogP contribution in [0.5, 0.6) is 0 Å². The molecule has 0 aromatic carbocycles. The van der Waals surface area contributed by atoms with E-state index in [9.17, 15) is 0 Å². The molecule has 2 aliphatic heterocycles. The van der Waals surface area contributed by atoms with Crippen LogP contribution >= 0.6 is 0 Å². The van der Waals surface area contributed by atoms with Gasteiger partial charge in [0.05, 0.1) is 17.7 Å². The van der Waals surface area contributed by atoms with E-state index in [1.165, 1.54) is 12.8 Å². The summed E-state index contributed by atoms with van der Waals surface area (Å²) in [6.07, 6.45) is 3.41. The molecule has 0 aromatic rings. The minimum Gasteiger partial charge on any atom is -0.372 e. The Bertz CT molecular complexity index is 224. The molecule has 0 aliphatic carbocycles. The van der Waals surface area contributed by atoms with Gasteiger partial charge >= 0.3 is 0 Å². The molecule has 2 heteroatoms. The van der Waals surface area contributed by atoms with E-state index in [1.54, 1.807) is 0 Å². The highest BCUT2D eigenvalue weighted by molar-refractivity contribution is 5.14. The lowest BCUT2D eigenvalue weighted by atomic mass is 9.63. The Kier molecular flexibility index (Phi) is 1.81. The van der Waals surface area contributed by atoms with Crippen LogP contribution in [0.4, 0.5) is 0 Å². The second-order valence-electron chi connectivity index (χ2n) is 5.45. The molecular weight excluding hydrogens is 162 g/mol. The molecule has 76 valence electrons. The van der Waals surface area contributed by atoms with Crippen LogP contribution in [0.3, 0.4) is 0 Å². The smallest absolute Gasteiger partial charge is 0.0767 e. The fourth-order valence-corrected chi connectivity index (χ4v) is 3.19. The summed E-state index contributed by atoms with van der Waals surface area (Å²) in [6.45, 7) is 7.03. The van der Waals surface area contributed by atoms with E-state index in [4.69, 9.17) is 4.74 Å². The van der Waals surface area contributed by atoms with E-state index in [-0.39, 0.29) is 5.54 Å². The van der Waals surface area contributed by atoms with Crippen molar-refractivity contribution in [3.63, 3.8) is 0 Å². The maximum absolute atomic E-state index is 6.02. The van der Waals surface area contributed by atoms with Gasteiger partial charge in [-0.3, -0.25) is 0 Å². The van der Waals surface area contributed by atoms with Crippen molar-refractivity contribution in [1.29, 1.82) is 0 Å². The zero-order valence-corrected chi connectivity index (χ0v) is 9.42. The number of rotatable bonds is 1. The van der Waals surface area contributed by atoms with Gasteiger partial charge in [-0.1, -0.05) is 13.8 Å². The van der Waals surface area contributed by atoms with Gasteiger partial charge in [-0.15, -0.1) is 0 Å². The van der Waals surface area contributed by atoms with E-state index in [2.05, 4.69) is 39.8 Å². The standard InChI is InChI=1S/C11H21NO/c1-10(2)8-6-7-9(13-8)11(10,3)12(4)5/h8-9H,6-7H2,1-5H3/t8-,9+,11-/m0/s1. The first-order valence-electron chi connectivity index (χ1n) is 5.23. The highest BCUT2D eigenvalue weighted by Gasteiger charge is 2.62. The summed E-state index contributed by atoms with van der Waals surface area (Å²) < 4.78 is 6.02. The summed E-state index contributed by atoms with van der Waals surface area (Å²) in [5.41, 5.74) is 0.509. The lowest BCUT2D eigenvalue weighted by Gasteiger charge is -2.49. The molecular formula is C11H21NO. The molecule has 2 fully saturated rings. The number of nitrogens with zero attached hydrogens (tertiary/aromatic N) is 1. The van der Waals surface area contributed by atoms with Crippen molar-refractivity contribution in [2.24, 2.45) is 5.41 Å². The third-order valence-corrected chi connectivity index (χ3v) is 4.68. The zero-order chi connectivity index (χ0) is 9.85. The van der Waals surface area contributed by atoms with Crippen LogP contribution in [-0.2, 0) is 4.74 Å². The van der Waals surface area contributed by atoms with Crippen molar-refractivity contribution < 1.29 is 4.74 Å². The Labute approximate surface area is 81.3 Å². The van der Waals surface area contributed by atoms with E-state index in [1.807, 2.05) is 0 Å². The molecule has 13 heavy (non-hydrogen) atoms. The van der Waals surface area contributed by atoms with E-state index in [0.29, 0.717) is 17.6 Å². The SMILES string of the molecule is CN(C)[C@@]1(C)[C@H]2CC[C@H](O2)C1(C)C. The van der Waals surface area contributed by atoms with Crippen LogP contribution in [0.2, 0.25) is 0 Å². The van der Waals surface area contributed by atoms with Crippen molar-refractivity contribution in [1.82, 2.24) is 4.90 Å². The van der Waals surface area contributed by atoms with Gasteiger partial charge in [0.1, 0.15) is 0 Å². The predicted molar refractivity (Wildman–Crippen MR) is 53.8 cm³/mol. The van der Waals surface area contributed by atoms with Gasteiger partial charge in [-0.2, -0.15) is 0 Å². The second kappa shape index (κ2) is 2.48. The first-order chi connectivity index (χ1) is 5.90. The number of likely N-dealkylation sites (N-methyl/N-ethyl adjacent to an activating group) is 1. The average molecular weight is 183 g/mol. The molecule has 0 amide bonds. The van der Waals surface area contributed by atoms with Crippen LogP contribution in [0.1, 0.15) is 33.6 Å². The van der Waals surface area contributed by atoms with Crippen LogP contribution in [0.15, 0.2) is 0 Å². The molecule has 0 saturated carbocycles. The molecule has 2 rings (SSSR count). The number of hydrogen-bond acceptors (Lipinski definition) is 2. The molecule has 2 aliphatic rings. The molecule has 2 heterocycles. The van der Waals surface area contributed by atoms with Gasteiger partial charge < -0.3 is 9.64 Å². The van der Waals surface area contributed by atoms with Gasteiger partial charge in [-0.25, -0.2) is 0 Å². The summed E-state index contributed by atoms with van der Waals surface area (Å²) in [5, 5.41) is 0. The van der Waals surface area contributed by atoms with Gasteiger partial charge in [0.15, 0.2) is 0 Å². The Balaban J connectivity index is 2.38. The Morgan fingerprint density at radius 1 is 1.08 bits per heavy atom. The van der Waals surface area contributed by atoms with Crippen LogP contribution in [-0.4, -0.2) is 36.7 Å². The Morgan fingerprint density at radius 3 is 1.92 bits per heavy atom. The van der Waals surface area contributed by atoms with Gasteiger partial charge in [0.25, 0.3) is 0 Å². The minimum atomic E-state index is 0.218. The Hall–Kier alpha value is -0.0800. The van der Waals surface area contributed by atoms with Crippen LogP contribution < -0.4 is 0 Å². The number of ether oxygens (including phenoxy) is 1. The van der Waals surface area contributed by atoms with Crippen LogP contribution in [0, 0.1) is 5.41 Å². The summed E-state index contributed by atoms with van der Waals surface area (Å²) in [4.78, 5) is 2.34. The second-order valence-corrected chi connectivity index (χ2v) is 5.45. The van der Waals surface area contributed by atoms with Crippen molar-refractivity contribution in [2.45, 2.75) is 51.4 Å². The summed E-state index contributed by atoms with van der Waals surface area (Å²) in [6, 6.07) is 0. The first kappa shape index (κ1) is 9.47. The van der Waals surface area contributed by atoms with Crippen LogP contribution in [0.25, 0.3) is 0 Å². The third-order valence-electron chi connectivity index (χ3n) is 4.68. The largest absolute Gasteiger partial charge is 0.372 e. The van der Waals surface area contributed by atoms with Crippen molar-refractivity contribution in [2.75, 3.05) is 14.1 Å². The number of hydrogen-bond donors (Lipinski definition) is 0. The fraction of sp³-hybridized carbons (Fsp3) is 1.00. The maximum Gasteiger partial charge on any atom is 0.0767 e. The molecule has 3 atom stereocenters. The summed E-state index contributed by atoms with van der Waals surface area (Å²) >= 11 is 0. The predicted octanol–water partition coefficient (Wildman–Crippen LogP) is 1.89. The monoisotopic (exact) mass is 183 g/mol. The maximum atomic E-state index is 6.02. The lowest BCUT2D eigenvalue weighted by Crippen LogP contribution is -2.59. The van der Waals surface area contributed by atoms with Gasteiger partial charge in [0.2, 0.25) is 0 Å². The Morgan fingerprint density at radius 2 is 1.62 bits per heavy atom. The van der Waals surface area contributed by atoms with E-state index >= 15 is 0 Å². The van der Waals surface area contributed by atoms with Crippen molar-refractivity contribution in [3.8, 4) is 0 Å². The average Bonchev–Trinajstić information content (AvgIpc) is 2.54. The summed E-state index contributed by atoms with van der Waals surface area (Å²) in [7, 11) is 4.34. The molecule has 2 bridgehead atoms. The number of fused-ring (bicyclic) bond motifs is 2. The molecule has 0 radical (unpaired) electrons. The normalized spacial score (nSPS) is 47.5. The summed E-state index contributed by atoms with van der Waals surface area (Å²) in [5.74, 6) is 0. The minimum absolute atomic E-state index is 0.218. The topological polar surface area (TPSA) is 12.5 Å². The third kappa shape index (κ3) is 0.909. The fourth-order valence-electron chi connectivity index (χ4n) is 3.19. The van der Waals surface area contributed by atoms with E-state index < -0.39 is 0 Å². The molecule has 2 saturated heterocycles. The molecule has 2 nitrogen and oxygen atoms in total. The first-order valence-corrected chi connectivity index (χ1v) is 5.23. The quantitative estimate of drug-likeness (QED) is 0.615. The molecule has 0 aromatic heterocycles. The highest BCUT2D eigenvalue weighted by Crippen LogP contribution is 2.55. The molecule has 0 spiro atoms. The van der Waals surface area contributed by atoms with Crippen molar-refractivity contribution >= 4 is 0 Å². The van der Waals surface area contributed by atoms with Gasteiger partial charge in [0, 0.05) is 5.41 Å².